The Hall–Kier alpha value is -4.11. The predicted octanol–water partition coefficient (Wildman–Crippen LogP) is 3.52. The number of benzene rings is 2. The van der Waals surface area contributed by atoms with Crippen LogP contribution in [-0.2, 0) is 13.5 Å². The Labute approximate surface area is 235 Å². The number of ether oxygens (including phenoxy) is 1. The summed E-state index contributed by atoms with van der Waals surface area (Å²) < 4.78 is 7.90. The lowest BCUT2D eigenvalue weighted by Crippen LogP contribution is -2.27. The molecule has 0 bridgehead atoms. The lowest BCUT2D eigenvalue weighted by Gasteiger charge is -2.24. The largest absolute Gasteiger partial charge is 0.496 e. The maximum Gasteiger partial charge on any atom is 0.257 e. The van der Waals surface area contributed by atoms with Crippen LogP contribution in [0.2, 0.25) is 0 Å². The van der Waals surface area contributed by atoms with Gasteiger partial charge in [0, 0.05) is 94.2 Å². The Kier molecular flexibility index (Phi) is 6.62. The number of amides is 1. The first-order valence-corrected chi connectivity index (χ1v) is 13.7. The van der Waals surface area contributed by atoms with Crippen molar-refractivity contribution in [2.75, 3.05) is 65.1 Å². The summed E-state index contributed by atoms with van der Waals surface area (Å²) in [6.07, 6.45) is 4.10. The summed E-state index contributed by atoms with van der Waals surface area (Å²) in [5.41, 5.74) is 12.4. The van der Waals surface area contributed by atoms with Gasteiger partial charge in [-0.3, -0.25) is 4.79 Å². The molecule has 4 heterocycles. The van der Waals surface area contributed by atoms with Crippen molar-refractivity contribution in [3.63, 3.8) is 0 Å². The number of rotatable bonds is 6. The average Bonchev–Trinajstić information content (AvgIpc) is 3.59. The van der Waals surface area contributed by atoms with Gasteiger partial charge in [-0.25, -0.2) is 9.97 Å². The van der Waals surface area contributed by atoms with Crippen LogP contribution in [0.1, 0.15) is 21.7 Å². The maximum atomic E-state index is 13.1. The number of hydrogen-bond acceptors (Lipinski definition) is 7. The van der Waals surface area contributed by atoms with Crippen molar-refractivity contribution >= 4 is 28.2 Å². The summed E-state index contributed by atoms with van der Waals surface area (Å²) in [5.74, 6) is 2.59. The third-order valence-corrected chi connectivity index (χ3v) is 8.42. The number of methoxy groups -OCH3 is 1. The number of carbonyl (C=O) groups excluding carboxylic acids is 1. The molecule has 4 aromatic rings. The molecule has 2 aromatic carbocycles. The van der Waals surface area contributed by atoms with Gasteiger partial charge in [0.15, 0.2) is 0 Å². The fourth-order valence-electron chi connectivity index (χ4n) is 6.47. The number of anilines is 2. The number of fused-ring (bicyclic) bond motifs is 2. The molecule has 0 radical (unpaired) electrons. The highest BCUT2D eigenvalue weighted by Gasteiger charge is 2.39. The SMILES string of the molecule is COc1cc(N2C[C@H]3CN(C)C[C@H]3C2)c(N)cc1Cc1ncc(C(=O)N(C)C)c(-c2cn(C)c3ccccc23)n1. The van der Waals surface area contributed by atoms with Crippen molar-refractivity contribution in [1.82, 2.24) is 24.3 Å². The number of likely N-dealkylation sites (tertiary alicyclic amines) is 1. The third-order valence-electron chi connectivity index (χ3n) is 8.42. The number of carbonyl (C=O) groups is 1. The van der Waals surface area contributed by atoms with E-state index in [2.05, 4.69) is 44.6 Å². The van der Waals surface area contributed by atoms with Gasteiger partial charge < -0.3 is 29.7 Å². The number of aryl methyl sites for hydroxylation is 1. The van der Waals surface area contributed by atoms with E-state index < -0.39 is 0 Å². The van der Waals surface area contributed by atoms with E-state index in [-0.39, 0.29) is 5.91 Å². The molecule has 208 valence electrons. The van der Waals surface area contributed by atoms with Crippen LogP contribution in [0.5, 0.6) is 5.75 Å². The van der Waals surface area contributed by atoms with Gasteiger partial charge in [-0.05, 0) is 31.0 Å². The number of nitrogens with zero attached hydrogens (tertiary/aromatic N) is 6. The zero-order chi connectivity index (χ0) is 28.1. The fraction of sp³-hybridized carbons (Fsp3) is 0.387. The summed E-state index contributed by atoms with van der Waals surface area (Å²) in [7, 11) is 9.37. The highest BCUT2D eigenvalue weighted by molar-refractivity contribution is 6.04. The van der Waals surface area contributed by atoms with Crippen molar-refractivity contribution in [1.29, 1.82) is 0 Å². The van der Waals surface area contributed by atoms with Crippen LogP contribution in [0.25, 0.3) is 22.2 Å². The Balaban J connectivity index is 1.36. The van der Waals surface area contributed by atoms with Crippen molar-refractivity contribution in [2.45, 2.75) is 6.42 Å². The molecule has 2 aliphatic rings. The molecule has 9 nitrogen and oxygen atoms in total. The minimum Gasteiger partial charge on any atom is -0.496 e. The van der Waals surface area contributed by atoms with Crippen LogP contribution >= 0.6 is 0 Å². The van der Waals surface area contributed by atoms with Gasteiger partial charge in [-0.15, -0.1) is 0 Å². The lowest BCUT2D eigenvalue weighted by molar-refractivity contribution is 0.0827. The smallest absolute Gasteiger partial charge is 0.257 e. The molecule has 1 amide bonds. The molecule has 6 rings (SSSR count). The molecule has 40 heavy (non-hydrogen) atoms. The van der Waals surface area contributed by atoms with E-state index in [9.17, 15) is 4.79 Å². The second kappa shape index (κ2) is 10.1. The maximum absolute atomic E-state index is 13.1. The molecule has 2 atom stereocenters. The molecule has 2 aromatic heterocycles. The molecule has 2 N–H and O–H groups in total. The number of hydrogen-bond donors (Lipinski definition) is 1. The van der Waals surface area contributed by atoms with Gasteiger partial charge in [0.1, 0.15) is 11.6 Å². The highest BCUT2D eigenvalue weighted by atomic mass is 16.5. The second-order valence-corrected chi connectivity index (χ2v) is 11.5. The van der Waals surface area contributed by atoms with Crippen molar-refractivity contribution < 1.29 is 9.53 Å². The predicted molar refractivity (Wildman–Crippen MR) is 159 cm³/mol. The number of nitrogens with two attached hydrogens (primary N) is 1. The molecule has 0 spiro atoms. The monoisotopic (exact) mass is 539 g/mol. The number of nitrogen functional groups attached to an aromatic ring is 1. The van der Waals surface area contributed by atoms with Crippen LogP contribution in [0, 0.1) is 11.8 Å². The molecule has 2 fully saturated rings. The first-order valence-electron chi connectivity index (χ1n) is 13.7. The second-order valence-electron chi connectivity index (χ2n) is 11.5. The van der Waals surface area contributed by atoms with Gasteiger partial charge in [0.25, 0.3) is 5.91 Å². The van der Waals surface area contributed by atoms with E-state index in [4.69, 9.17) is 15.5 Å². The standard InChI is InChI=1S/C31H37N7O2/c1-35(2)31(39)23-13-33-29(34-30(23)24-18-37(4)26-9-7-6-8-22(24)26)11-19-10-25(32)27(12-28(19)40-5)38-16-20-14-36(3)15-21(20)17-38/h6-10,12-13,18,20-21H,11,14-17,32H2,1-5H3/t20-,21+. The fourth-order valence-corrected chi connectivity index (χ4v) is 6.47. The van der Waals surface area contributed by atoms with E-state index in [1.807, 2.05) is 31.4 Å². The highest BCUT2D eigenvalue weighted by Crippen LogP contribution is 2.39. The van der Waals surface area contributed by atoms with Crippen LogP contribution in [0.3, 0.4) is 0 Å². The van der Waals surface area contributed by atoms with E-state index in [0.717, 1.165) is 65.3 Å². The summed E-state index contributed by atoms with van der Waals surface area (Å²) in [4.78, 5) is 29.1. The third kappa shape index (κ3) is 4.54. The molecular formula is C31H37N7O2. The van der Waals surface area contributed by atoms with Gasteiger partial charge in [0.2, 0.25) is 0 Å². The Morgan fingerprint density at radius 2 is 1.82 bits per heavy atom. The summed E-state index contributed by atoms with van der Waals surface area (Å²) in [6, 6.07) is 12.2. The van der Waals surface area contributed by atoms with Gasteiger partial charge >= 0.3 is 0 Å². The molecule has 9 heteroatoms. The van der Waals surface area contributed by atoms with Crippen LogP contribution < -0.4 is 15.4 Å². The first kappa shape index (κ1) is 26.1. The van der Waals surface area contributed by atoms with Gasteiger partial charge in [0.05, 0.1) is 29.7 Å². The molecule has 0 saturated carbocycles. The number of para-hydroxylation sites is 1. The van der Waals surface area contributed by atoms with E-state index in [0.29, 0.717) is 35.3 Å². The summed E-state index contributed by atoms with van der Waals surface area (Å²) in [6.45, 7) is 4.30. The topological polar surface area (TPSA) is 92.7 Å². The molecule has 2 aliphatic heterocycles. The Bertz CT molecular complexity index is 1580. The molecule has 2 saturated heterocycles. The molecular weight excluding hydrogens is 502 g/mol. The van der Waals surface area contributed by atoms with Crippen LogP contribution in [0.15, 0.2) is 48.8 Å². The van der Waals surface area contributed by atoms with Crippen LogP contribution in [0.4, 0.5) is 11.4 Å². The van der Waals surface area contributed by atoms with Crippen LogP contribution in [-0.4, -0.2) is 84.7 Å². The van der Waals surface area contributed by atoms with E-state index >= 15 is 0 Å². The molecule has 0 aliphatic carbocycles. The van der Waals surface area contributed by atoms with Gasteiger partial charge in [-0.1, -0.05) is 18.2 Å². The lowest BCUT2D eigenvalue weighted by atomic mass is 10.0. The van der Waals surface area contributed by atoms with E-state index in [1.165, 1.54) is 0 Å². The summed E-state index contributed by atoms with van der Waals surface area (Å²) in [5, 5.41) is 1.04. The minimum absolute atomic E-state index is 0.137. The average molecular weight is 540 g/mol. The zero-order valence-corrected chi connectivity index (χ0v) is 23.9. The Morgan fingerprint density at radius 3 is 2.52 bits per heavy atom. The van der Waals surface area contributed by atoms with E-state index in [1.54, 1.807) is 32.3 Å². The van der Waals surface area contributed by atoms with Gasteiger partial charge in [-0.2, -0.15) is 0 Å². The minimum atomic E-state index is -0.137. The zero-order valence-electron chi connectivity index (χ0n) is 23.9. The Morgan fingerprint density at radius 1 is 1.10 bits per heavy atom. The van der Waals surface area contributed by atoms with Crippen molar-refractivity contribution in [3.8, 4) is 17.0 Å². The first-order chi connectivity index (χ1) is 19.2. The summed E-state index contributed by atoms with van der Waals surface area (Å²) >= 11 is 0. The van der Waals surface area contributed by atoms with Crippen molar-refractivity contribution in [2.24, 2.45) is 18.9 Å². The van der Waals surface area contributed by atoms with Crippen molar-refractivity contribution in [3.05, 3.63) is 65.7 Å². The normalized spacial score (nSPS) is 18.9. The quantitative estimate of drug-likeness (QED) is 0.375. The molecule has 0 unspecified atom stereocenters. The number of aromatic nitrogens is 3.